The zero-order chi connectivity index (χ0) is 13.9. The van der Waals surface area contributed by atoms with Crippen molar-refractivity contribution in [3.63, 3.8) is 0 Å². The summed E-state index contributed by atoms with van der Waals surface area (Å²) in [6.45, 7) is 4.12. The Labute approximate surface area is 103 Å². The number of anilines is 1. The summed E-state index contributed by atoms with van der Waals surface area (Å²) in [7, 11) is 1.47. The fraction of sp³-hybridized carbons (Fsp3) is 0.364. The summed E-state index contributed by atoms with van der Waals surface area (Å²) in [6, 6.07) is 0. The Balaban J connectivity index is 3.48. The molecule has 1 aromatic heterocycles. The zero-order valence-corrected chi connectivity index (χ0v) is 10.1. The maximum atomic E-state index is 13.2. The van der Waals surface area contributed by atoms with Gasteiger partial charge in [0, 0.05) is 14.0 Å². The van der Waals surface area contributed by atoms with Crippen LogP contribution in [0.15, 0.2) is 23.6 Å². The third-order valence-corrected chi connectivity index (χ3v) is 2.30. The SMILES string of the molecule is C=CCn1ncc(NC)c(C(=N)C(C)(F)F)c1=O. The van der Waals surface area contributed by atoms with E-state index in [-0.39, 0.29) is 17.8 Å². The summed E-state index contributed by atoms with van der Waals surface area (Å²) >= 11 is 0. The van der Waals surface area contributed by atoms with E-state index in [0.717, 1.165) is 4.68 Å². The molecule has 0 bridgehead atoms. The van der Waals surface area contributed by atoms with Gasteiger partial charge in [0.15, 0.2) is 0 Å². The molecule has 0 aromatic carbocycles. The summed E-state index contributed by atoms with van der Waals surface area (Å²) in [4.78, 5) is 12.0. The van der Waals surface area contributed by atoms with E-state index in [1.807, 2.05) is 0 Å². The van der Waals surface area contributed by atoms with Crippen LogP contribution in [0, 0.1) is 5.41 Å². The van der Waals surface area contributed by atoms with Gasteiger partial charge < -0.3 is 5.32 Å². The summed E-state index contributed by atoms with van der Waals surface area (Å²) in [6.07, 6.45) is 2.66. The van der Waals surface area contributed by atoms with Crippen LogP contribution in [0.3, 0.4) is 0 Å². The first-order chi connectivity index (χ1) is 8.32. The van der Waals surface area contributed by atoms with Crippen LogP contribution in [-0.4, -0.2) is 28.5 Å². The zero-order valence-electron chi connectivity index (χ0n) is 10.1. The second-order valence-electron chi connectivity index (χ2n) is 3.72. The molecular weight excluding hydrogens is 242 g/mol. The van der Waals surface area contributed by atoms with Crippen molar-refractivity contribution in [2.75, 3.05) is 12.4 Å². The lowest BCUT2D eigenvalue weighted by molar-refractivity contribution is 0.100. The quantitative estimate of drug-likeness (QED) is 0.619. The van der Waals surface area contributed by atoms with E-state index in [0.29, 0.717) is 6.92 Å². The van der Waals surface area contributed by atoms with Crippen LogP contribution in [0.4, 0.5) is 14.5 Å². The van der Waals surface area contributed by atoms with Gasteiger partial charge in [-0.1, -0.05) is 6.08 Å². The molecule has 0 aliphatic heterocycles. The van der Waals surface area contributed by atoms with Gasteiger partial charge in [0.1, 0.15) is 5.71 Å². The van der Waals surface area contributed by atoms with Crippen LogP contribution in [0.5, 0.6) is 0 Å². The van der Waals surface area contributed by atoms with Gasteiger partial charge in [-0.05, 0) is 0 Å². The largest absolute Gasteiger partial charge is 0.386 e. The molecule has 0 saturated carbocycles. The molecule has 0 aliphatic carbocycles. The fourth-order valence-electron chi connectivity index (χ4n) is 1.39. The molecule has 0 atom stereocenters. The number of rotatable bonds is 5. The second kappa shape index (κ2) is 5.07. The smallest absolute Gasteiger partial charge is 0.287 e. The topological polar surface area (TPSA) is 70.8 Å². The molecule has 0 fully saturated rings. The molecule has 5 nitrogen and oxygen atoms in total. The van der Waals surface area contributed by atoms with Gasteiger partial charge in [-0.15, -0.1) is 6.58 Å². The summed E-state index contributed by atoms with van der Waals surface area (Å²) < 4.78 is 27.3. The molecule has 1 heterocycles. The molecule has 0 amide bonds. The van der Waals surface area contributed by atoms with Crippen molar-refractivity contribution in [2.45, 2.75) is 19.4 Å². The van der Waals surface area contributed by atoms with Gasteiger partial charge >= 0.3 is 0 Å². The summed E-state index contributed by atoms with van der Waals surface area (Å²) in [5.41, 5.74) is -2.04. The normalized spacial score (nSPS) is 11.1. The molecule has 0 unspecified atom stereocenters. The highest BCUT2D eigenvalue weighted by Crippen LogP contribution is 2.21. The average Bonchev–Trinajstić information content (AvgIpc) is 2.29. The van der Waals surface area contributed by atoms with E-state index in [1.165, 1.54) is 19.3 Å². The van der Waals surface area contributed by atoms with Gasteiger partial charge in [0.25, 0.3) is 11.5 Å². The number of halogens is 2. The van der Waals surface area contributed by atoms with Crippen molar-refractivity contribution < 1.29 is 8.78 Å². The van der Waals surface area contributed by atoms with Gasteiger partial charge in [0.05, 0.1) is 24.0 Å². The van der Waals surface area contributed by atoms with Crippen LogP contribution < -0.4 is 10.9 Å². The van der Waals surface area contributed by atoms with E-state index in [4.69, 9.17) is 5.41 Å². The molecule has 1 rings (SSSR count). The van der Waals surface area contributed by atoms with Gasteiger partial charge in [-0.3, -0.25) is 10.2 Å². The Hall–Kier alpha value is -2.05. The number of hydrogen-bond donors (Lipinski definition) is 2. The van der Waals surface area contributed by atoms with Gasteiger partial charge in [-0.25, -0.2) is 4.68 Å². The van der Waals surface area contributed by atoms with Crippen molar-refractivity contribution in [1.82, 2.24) is 9.78 Å². The Morgan fingerprint density at radius 1 is 1.72 bits per heavy atom. The first kappa shape index (κ1) is 14.0. The van der Waals surface area contributed by atoms with Crippen molar-refractivity contribution in [2.24, 2.45) is 0 Å². The maximum Gasteiger partial charge on any atom is 0.287 e. The highest BCUT2D eigenvalue weighted by Gasteiger charge is 2.33. The number of allylic oxidation sites excluding steroid dienone is 1. The maximum absolute atomic E-state index is 13.2. The highest BCUT2D eigenvalue weighted by atomic mass is 19.3. The first-order valence-corrected chi connectivity index (χ1v) is 5.19. The predicted molar refractivity (Wildman–Crippen MR) is 65.7 cm³/mol. The number of nitrogens with one attached hydrogen (secondary N) is 2. The second-order valence-corrected chi connectivity index (χ2v) is 3.72. The lowest BCUT2D eigenvalue weighted by Crippen LogP contribution is -2.35. The van der Waals surface area contributed by atoms with Crippen LogP contribution >= 0.6 is 0 Å². The number of hydrogen-bond acceptors (Lipinski definition) is 4. The summed E-state index contributed by atoms with van der Waals surface area (Å²) in [5, 5.41) is 13.8. The minimum Gasteiger partial charge on any atom is -0.386 e. The number of aromatic nitrogens is 2. The van der Waals surface area contributed by atoms with Crippen molar-refractivity contribution in [1.29, 1.82) is 5.41 Å². The Kier molecular flexibility index (Phi) is 3.95. The third kappa shape index (κ3) is 2.61. The molecule has 0 radical (unpaired) electrons. The molecule has 98 valence electrons. The Morgan fingerprint density at radius 3 is 2.78 bits per heavy atom. The minimum atomic E-state index is -3.39. The van der Waals surface area contributed by atoms with E-state index in [1.54, 1.807) is 0 Å². The monoisotopic (exact) mass is 256 g/mol. The molecule has 0 spiro atoms. The molecule has 0 saturated heterocycles. The third-order valence-electron chi connectivity index (χ3n) is 2.30. The standard InChI is InChI=1S/C11H14F2N4O/c1-4-5-17-10(18)8(7(15-3)6-16-17)9(14)11(2,12)13/h4,6,14-15H,1,5H2,2-3H3. The predicted octanol–water partition coefficient (Wildman–Crippen LogP) is 1.49. The molecule has 2 N–H and O–H groups in total. The van der Waals surface area contributed by atoms with Crippen LogP contribution in [-0.2, 0) is 6.54 Å². The fourth-order valence-corrected chi connectivity index (χ4v) is 1.39. The lowest BCUT2D eigenvalue weighted by atomic mass is 10.1. The van der Waals surface area contributed by atoms with E-state index in [9.17, 15) is 13.6 Å². The number of nitrogens with zero attached hydrogens (tertiary/aromatic N) is 2. The molecular formula is C11H14F2N4O. The number of alkyl halides is 2. The van der Waals surface area contributed by atoms with Crippen LogP contribution in [0.2, 0.25) is 0 Å². The average molecular weight is 256 g/mol. The molecule has 0 aliphatic rings. The van der Waals surface area contributed by atoms with Crippen molar-refractivity contribution in [3.05, 3.63) is 34.8 Å². The minimum absolute atomic E-state index is 0.0956. The van der Waals surface area contributed by atoms with Crippen LogP contribution in [0.25, 0.3) is 0 Å². The lowest BCUT2D eigenvalue weighted by Gasteiger charge is -2.15. The highest BCUT2D eigenvalue weighted by molar-refractivity contribution is 6.06. The van der Waals surface area contributed by atoms with E-state index >= 15 is 0 Å². The van der Waals surface area contributed by atoms with Crippen molar-refractivity contribution in [3.8, 4) is 0 Å². The van der Waals surface area contributed by atoms with Crippen molar-refractivity contribution >= 4 is 11.4 Å². The van der Waals surface area contributed by atoms with Crippen LogP contribution in [0.1, 0.15) is 12.5 Å². The molecule has 7 heteroatoms. The van der Waals surface area contributed by atoms with E-state index < -0.39 is 17.2 Å². The Morgan fingerprint density at radius 2 is 2.33 bits per heavy atom. The molecule has 1 aromatic rings. The Bertz CT molecular complexity index is 531. The molecule has 18 heavy (non-hydrogen) atoms. The van der Waals surface area contributed by atoms with Gasteiger partial charge in [0.2, 0.25) is 0 Å². The summed E-state index contributed by atoms with van der Waals surface area (Å²) in [5.74, 6) is -3.39. The first-order valence-electron chi connectivity index (χ1n) is 5.19. The van der Waals surface area contributed by atoms with E-state index in [2.05, 4.69) is 17.0 Å². The van der Waals surface area contributed by atoms with Gasteiger partial charge in [-0.2, -0.15) is 13.9 Å².